The van der Waals surface area contributed by atoms with Crippen molar-refractivity contribution in [3.8, 4) is 0 Å². The Morgan fingerprint density at radius 1 is 1.35 bits per heavy atom. The zero-order chi connectivity index (χ0) is 12.4. The number of non-ortho nitro benzene ring substituents is 1. The van der Waals surface area contributed by atoms with Crippen LogP contribution in [0.3, 0.4) is 0 Å². The molecule has 0 atom stereocenters. The fourth-order valence-electron chi connectivity index (χ4n) is 1.45. The molecule has 0 bridgehead atoms. The topological polar surface area (TPSA) is 84.6 Å². The SMILES string of the molecule is CC1=NNC(=O)C1=Cc1ccc([N+](=O)[O-])cc1. The minimum Gasteiger partial charge on any atom is -0.267 e. The van der Waals surface area contributed by atoms with E-state index in [0.717, 1.165) is 5.56 Å². The molecule has 1 aliphatic rings. The summed E-state index contributed by atoms with van der Waals surface area (Å²) in [7, 11) is 0. The molecule has 1 aromatic rings. The van der Waals surface area contributed by atoms with Crippen LogP contribution in [0.15, 0.2) is 34.9 Å². The van der Waals surface area contributed by atoms with Crippen LogP contribution in [-0.2, 0) is 4.79 Å². The third kappa shape index (κ3) is 2.20. The van der Waals surface area contributed by atoms with Gasteiger partial charge >= 0.3 is 0 Å². The van der Waals surface area contributed by atoms with Crippen molar-refractivity contribution in [1.82, 2.24) is 5.43 Å². The summed E-state index contributed by atoms with van der Waals surface area (Å²) in [4.78, 5) is 21.4. The van der Waals surface area contributed by atoms with Gasteiger partial charge in [-0.05, 0) is 30.7 Å². The highest BCUT2D eigenvalue weighted by Crippen LogP contribution is 2.16. The Hall–Kier alpha value is -2.50. The summed E-state index contributed by atoms with van der Waals surface area (Å²) in [5, 5.41) is 14.2. The van der Waals surface area contributed by atoms with Crippen LogP contribution in [0, 0.1) is 10.1 Å². The molecule has 1 heterocycles. The molecule has 1 amide bonds. The molecule has 0 aliphatic carbocycles. The average Bonchev–Trinajstić information content (AvgIpc) is 2.61. The molecule has 1 aromatic carbocycles. The summed E-state index contributed by atoms with van der Waals surface area (Å²) in [6, 6.07) is 5.96. The van der Waals surface area contributed by atoms with Crippen molar-refractivity contribution in [3.63, 3.8) is 0 Å². The highest BCUT2D eigenvalue weighted by Gasteiger charge is 2.18. The number of carbonyl (C=O) groups is 1. The van der Waals surface area contributed by atoms with Crippen LogP contribution in [0.1, 0.15) is 12.5 Å². The Labute approximate surface area is 96.8 Å². The van der Waals surface area contributed by atoms with E-state index in [1.54, 1.807) is 25.1 Å². The average molecular weight is 231 g/mol. The number of rotatable bonds is 2. The van der Waals surface area contributed by atoms with Crippen molar-refractivity contribution >= 4 is 23.4 Å². The zero-order valence-corrected chi connectivity index (χ0v) is 9.01. The minimum atomic E-state index is -0.466. The molecule has 17 heavy (non-hydrogen) atoms. The second-order valence-corrected chi connectivity index (χ2v) is 3.54. The van der Waals surface area contributed by atoms with Gasteiger partial charge in [0.25, 0.3) is 11.6 Å². The van der Waals surface area contributed by atoms with Crippen molar-refractivity contribution in [1.29, 1.82) is 0 Å². The van der Waals surface area contributed by atoms with E-state index in [-0.39, 0.29) is 11.6 Å². The third-order valence-electron chi connectivity index (χ3n) is 2.37. The summed E-state index contributed by atoms with van der Waals surface area (Å²) in [6.45, 7) is 1.72. The molecule has 0 unspecified atom stereocenters. The van der Waals surface area contributed by atoms with Gasteiger partial charge in [0.1, 0.15) is 0 Å². The van der Waals surface area contributed by atoms with E-state index >= 15 is 0 Å². The zero-order valence-electron chi connectivity index (χ0n) is 9.01. The molecule has 86 valence electrons. The van der Waals surface area contributed by atoms with Gasteiger partial charge in [-0.3, -0.25) is 14.9 Å². The van der Waals surface area contributed by atoms with E-state index in [4.69, 9.17) is 0 Å². The lowest BCUT2D eigenvalue weighted by molar-refractivity contribution is -0.384. The third-order valence-corrected chi connectivity index (χ3v) is 2.37. The number of hydrazone groups is 1. The first-order valence-corrected chi connectivity index (χ1v) is 4.89. The maximum absolute atomic E-state index is 11.4. The number of hydrogen-bond acceptors (Lipinski definition) is 4. The molecule has 6 heteroatoms. The minimum absolute atomic E-state index is 0.0217. The first kappa shape index (κ1) is 11.0. The number of hydrogen-bond donors (Lipinski definition) is 1. The van der Waals surface area contributed by atoms with Gasteiger partial charge in [0.2, 0.25) is 0 Å². The predicted octanol–water partition coefficient (Wildman–Crippen LogP) is 1.48. The van der Waals surface area contributed by atoms with E-state index in [0.29, 0.717) is 11.3 Å². The van der Waals surface area contributed by atoms with Gasteiger partial charge < -0.3 is 0 Å². The first-order valence-electron chi connectivity index (χ1n) is 4.89. The second-order valence-electron chi connectivity index (χ2n) is 3.54. The number of benzene rings is 1. The smallest absolute Gasteiger partial charge is 0.267 e. The highest BCUT2D eigenvalue weighted by molar-refractivity contribution is 6.26. The fraction of sp³-hybridized carbons (Fsp3) is 0.0909. The van der Waals surface area contributed by atoms with E-state index in [9.17, 15) is 14.9 Å². The fourth-order valence-corrected chi connectivity index (χ4v) is 1.45. The van der Waals surface area contributed by atoms with Gasteiger partial charge in [-0.2, -0.15) is 5.10 Å². The molecule has 0 saturated heterocycles. The van der Waals surface area contributed by atoms with E-state index in [1.807, 2.05) is 0 Å². The van der Waals surface area contributed by atoms with Crippen molar-refractivity contribution < 1.29 is 9.72 Å². The van der Waals surface area contributed by atoms with Crippen molar-refractivity contribution in [2.75, 3.05) is 0 Å². The quantitative estimate of drug-likeness (QED) is 0.475. The van der Waals surface area contributed by atoms with Crippen LogP contribution in [0.5, 0.6) is 0 Å². The molecule has 2 rings (SSSR count). The second kappa shape index (κ2) is 4.17. The normalized spacial score (nSPS) is 16.9. The molecule has 1 aliphatic heterocycles. The Morgan fingerprint density at radius 3 is 2.47 bits per heavy atom. The van der Waals surface area contributed by atoms with Gasteiger partial charge in [-0.15, -0.1) is 0 Å². The number of nitro groups is 1. The first-order chi connectivity index (χ1) is 8.08. The monoisotopic (exact) mass is 231 g/mol. The summed E-state index contributed by atoms with van der Waals surface area (Å²) >= 11 is 0. The lowest BCUT2D eigenvalue weighted by atomic mass is 10.1. The summed E-state index contributed by atoms with van der Waals surface area (Å²) in [5.74, 6) is -0.263. The molecule has 0 fully saturated rings. The van der Waals surface area contributed by atoms with Gasteiger partial charge in [0.15, 0.2) is 0 Å². The maximum Gasteiger partial charge on any atom is 0.273 e. The number of nitrogens with zero attached hydrogens (tertiary/aromatic N) is 2. The Bertz CT molecular complexity index is 544. The molecule has 0 aromatic heterocycles. The van der Waals surface area contributed by atoms with Crippen molar-refractivity contribution in [3.05, 3.63) is 45.5 Å². The van der Waals surface area contributed by atoms with E-state index in [2.05, 4.69) is 10.5 Å². The van der Waals surface area contributed by atoms with Gasteiger partial charge in [-0.1, -0.05) is 0 Å². The molecule has 1 N–H and O–H groups in total. The summed E-state index contributed by atoms with van der Waals surface area (Å²) in [5.41, 5.74) is 4.16. The molecule has 6 nitrogen and oxygen atoms in total. The number of amides is 1. The summed E-state index contributed by atoms with van der Waals surface area (Å²) in [6.07, 6.45) is 1.64. The predicted molar refractivity (Wildman–Crippen MR) is 62.3 cm³/mol. The van der Waals surface area contributed by atoms with Gasteiger partial charge in [0, 0.05) is 12.1 Å². The van der Waals surface area contributed by atoms with Gasteiger partial charge in [-0.25, -0.2) is 5.43 Å². The Morgan fingerprint density at radius 2 is 2.00 bits per heavy atom. The van der Waals surface area contributed by atoms with Gasteiger partial charge in [0.05, 0.1) is 16.2 Å². The summed E-state index contributed by atoms with van der Waals surface area (Å²) < 4.78 is 0. The Kier molecular flexibility index (Phi) is 2.70. The van der Waals surface area contributed by atoms with Crippen LogP contribution in [0.25, 0.3) is 6.08 Å². The van der Waals surface area contributed by atoms with Crippen LogP contribution < -0.4 is 5.43 Å². The van der Waals surface area contributed by atoms with Crippen molar-refractivity contribution in [2.24, 2.45) is 5.10 Å². The highest BCUT2D eigenvalue weighted by atomic mass is 16.6. The lowest BCUT2D eigenvalue weighted by Crippen LogP contribution is -2.12. The van der Waals surface area contributed by atoms with Crippen LogP contribution in [-0.4, -0.2) is 16.5 Å². The van der Waals surface area contributed by atoms with Crippen molar-refractivity contribution in [2.45, 2.75) is 6.92 Å². The van der Waals surface area contributed by atoms with Crippen LogP contribution in [0.2, 0.25) is 0 Å². The van der Waals surface area contributed by atoms with Crippen LogP contribution in [0.4, 0.5) is 5.69 Å². The molecular weight excluding hydrogens is 222 g/mol. The molecular formula is C11H9N3O3. The number of carbonyl (C=O) groups excluding carboxylic acids is 1. The standard InChI is InChI=1S/C11H9N3O3/c1-7-10(11(15)13-12-7)6-8-2-4-9(5-3-8)14(16)17/h2-6H,1H3,(H,13,15). The maximum atomic E-state index is 11.4. The Balaban J connectivity index is 2.30. The molecule has 0 spiro atoms. The number of nitrogens with one attached hydrogen (secondary N) is 1. The van der Waals surface area contributed by atoms with E-state index in [1.165, 1.54) is 12.1 Å². The largest absolute Gasteiger partial charge is 0.273 e. The van der Waals surface area contributed by atoms with E-state index < -0.39 is 4.92 Å². The lowest BCUT2D eigenvalue weighted by Gasteiger charge is -1.96. The number of nitro benzene ring substituents is 1. The molecule has 0 saturated carbocycles. The van der Waals surface area contributed by atoms with Crippen LogP contribution >= 0.6 is 0 Å². The molecule has 0 radical (unpaired) electrons.